The van der Waals surface area contributed by atoms with Gasteiger partial charge < -0.3 is 9.88 Å². The monoisotopic (exact) mass is 425 g/mol. The molecule has 27 heavy (non-hydrogen) atoms. The normalized spacial score (nSPS) is 12.0. The zero-order valence-corrected chi connectivity index (χ0v) is 17.7. The molecule has 0 bridgehead atoms. The van der Waals surface area contributed by atoms with Crippen LogP contribution in [0.4, 0.5) is 0 Å². The molecule has 2 rings (SSSR count). The van der Waals surface area contributed by atoms with Crippen molar-refractivity contribution in [1.29, 1.82) is 0 Å². The molecule has 2 aromatic heterocycles. The topological polar surface area (TPSA) is 72.7 Å². The van der Waals surface area contributed by atoms with Crippen LogP contribution in [-0.2, 0) is 11.3 Å². The Balaban J connectivity index is 2.12. The fraction of sp³-hybridized carbons (Fsp3) is 0.333. The summed E-state index contributed by atoms with van der Waals surface area (Å²) >= 11 is 13.5. The number of nitrogens with one attached hydrogen (secondary N) is 1. The third kappa shape index (κ3) is 5.82. The van der Waals surface area contributed by atoms with E-state index in [0.717, 1.165) is 12.1 Å². The average molecular weight is 426 g/mol. The Bertz CT molecular complexity index is 863. The van der Waals surface area contributed by atoms with E-state index in [4.69, 9.17) is 23.2 Å². The van der Waals surface area contributed by atoms with Gasteiger partial charge in [0, 0.05) is 18.4 Å². The zero-order valence-electron chi connectivity index (χ0n) is 15.4. The number of carbonyl (C=O) groups is 1. The second-order valence-electron chi connectivity index (χ2n) is 5.44. The highest BCUT2D eigenvalue weighted by Gasteiger charge is 2.18. The molecule has 0 radical (unpaired) electrons. The van der Waals surface area contributed by atoms with E-state index in [0.29, 0.717) is 33.3 Å². The van der Waals surface area contributed by atoms with Crippen LogP contribution in [0.3, 0.4) is 0 Å². The number of pyridine rings is 1. The standard InChI is InChI=1S/C18H21Cl2N5OS/c1-4-7-8-13(5-2)22-15(26)11-27-18-24-23-17(25(18)6-3)16-14(20)9-12(19)10-21-16/h4,7-10H,5-6,11H2,1-3H3,(H,22,26)/b7-4-,13-8+. The fourth-order valence-corrected chi connectivity index (χ4v) is 3.51. The van der Waals surface area contributed by atoms with Crippen molar-refractivity contribution in [3.63, 3.8) is 0 Å². The molecule has 0 atom stereocenters. The summed E-state index contributed by atoms with van der Waals surface area (Å²) < 4.78 is 1.87. The number of allylic oxidation sites excluding steroid dienone is 4. The summed E-state index contributed by atoms with van der Waals surface area (Å²) in [6.45, 7) is 6.51. The van der Waals surface area contributed by atoms with Crippen LogP contribution in [0.25, 0.3) is 11.5 Å². The van der Waals surface area contributed by atoms with Crippen molar-refractivity contribution in [2.24, 2.45) is 0 Å². The van der Waals surface area contributed by atoms with Crippen LogP contribution in [0.2, 0.25) is 10.0 Å². The van der Waals surface area contributed by atoms with Crippen LogP contribution in [0.5, 0.6) is 0 Å². The van der Waals surface area contributed by atoms with Gasteiger partial charge in [0.2, 0.25) is 5.91 Å². The molecular formula is C18H21Cl2N5OS. The molecule has 0 fully saturated rings. The van der Waals surface area contributed by atoms with Crippen LogP contribution in [0.1, 0.15) is 27.2 Å². The van der Waals surface area contributed by atoms with Gasteiger partial charge >= 0.3 is 0 Å². The molecular weight excluding hydrogens is 405 g/mol. The van der Waals surface area contributed by atoms with E-state index in [1.807, 2.05) is 43.6 Å². The number of halogens is 2. The summed E-state index contributed by atoms with van der Waals surface area (Å²) in [5, 5.41) is 12.8. The molecule has 6 nitrogen and oxygen atoms in total. The van der Waals surface area contributed by atoms with Gasteiger partial charge in [0.15, 0.2) is 11.0 Å². The summed E-state index contributed by atoms with van der Waals surface area (Å²) in [7, 11) is 0. The van der Waals surface area contributed by atoms with Crippen molar-refractivity contribution < 1.29 is 4.79 Å². The number of aromatic nitrogens is 4. The van der Waals surface area contributed by atoms with Crippen molar-refractivity contribution in [2.75, 3.05) is 5.75 Å². The van der Waals surface area contributed by atoms with Crippen molar-refractivity contribution in [3.8, 4) is 11.5 Å². The van der Waals surface area contributed by atoms with Gasteiger partial charge in [0.25, 0.3) is 0 Å². The quantitative estimate of drug-likeness (QED) is 0.487. The second-order valence-corrected chi connectivity index (χ2v) is 7.23. The average Bonchev–Trinajstić information content (AvgIpc) is 3.06. The zero-order chi connectivity index (χ0) is 19.8. The lowest BCUT2D eigenvalue weighted by Crippen LogP contribution is -2.24. The molecule has 1 N–H and O–H groups in total. The first-order valence-electron chi connectivity index (χ1n) is 8.49. The van der Waals surface area contributed by atoms with E-state index >= 15 is 0 Å². The molecule has 1 amide bonds. The number of hydrogen-bond donors (Lipinski definition) is 1. The van der Waals surface area contributed by atoms with Gasteiger partial charge in [0.1, 0.15) is 5.69 Å². The maximum atomic E-state index is 12.2. The Morgan fingerprint density at radius 1 is 1.33 bits per heavy atom. The smallest absolute Gasteiger partial charge is 0.234 e. The van der Waals surface area contributed by atoms with Gasteiger partial charge in [-0.1, -0.05) is 54.0 Å². The van der Waals surface area contributed by atoms with Crippen molar-refractivity contribution in [1.82, 2.24) is 25.1 Å². The van der Waals surface area contributed by atoms with Gasteiger partial charge in [-0.2, -0.15) is 0 Å². The maximum absolute atomic E-state index is 12.2. The first-order valence-corrected chi connectivity index (χ1v) is 10.2. The van der Waals surface area contributed by atoms with E-state index < -0.39 is 0 Å². The molecule has 0 spiro atoms. The van der Waals surface area contributed by atoms with Crippen LogP contribution >= 0.6 is 35.0 Å². The number of carbonyl (C=O) groups excluding carboxylic acids is 1. The van der Waals surface area contributed by atoms with Crippen molar-refractivity contribution in [3.05, 3.63) is 46.2 Å². The highest BCUT2D eigenvalue weighted by Crippen LogP contribution is 2.29. The number of nitrogens with zero attached hydrogens (tertiary/aromatic N) is 4. The molecule has 144 valence electrons. The van der Waals surface area contributed by atoms with Gasteiger partial charge in [0.05, 0.1) is 15.8 Å². The molecule has 0 aliphatic carbocycles. The van der Waals surface area contributed by atoms with E-state index in [-0.39, 0.29) is 11.7 Å². The molecule has 0 unspecified atom stereocenters. The first kappa shape index (κ1) is 21.5. The van der Waals surface area contributed by atoms with Crippen LogP contribution < -0.4 is 5.32 Å². The highest BCUT2D eigenvalue weighted by molar-refractivity contribution is 7.99. The first-order chi connectivity index (χ1) is 13.0. The lowest BCUT2D eigenvalue weighted by atomic mass is 10.3. The maximum Gasteiger partial charge on any atom is 0.234 e. The number of thioether (sulfide) groups is 1. The summed E-state index contributed by atoms with van der Waals surface area (Å²) in [5.41, 5.74) is 1.38. The van der Waals surface area contributed by atoms with Crippen LogP contribution in [0.15, 0.2) is 41.3 Å². The van der Waals surface area contributed by atoms with Crippen molar-refractivity contribution in [2.45, 2.75) is 38.9 Å². The predicted molar refractivity (Wildman–Crippen MR) is 111 cm³/mol. The SMILES string of the molecule is C/C=C\C=C(/CC)NC(=O)CSc1nnc(-c2ncc(Cl)cc2Cl)n1CC. The van der Waals surface area contributed by atoms with Gasteiger partial charge in [-0.25, -0.2) is 4.98 Å². The number of amides is 1. The molecule has 9 heteroatoms. The molecule has 0 saturated heterocycles. The predicted octanol–water partition coefficient (Wildman–Crippen LogP) is 4.75. The van der Waals surface area contributed by atoms with E-state index in [9.17, 15) is 4.79 Å². The minimum atomic E-state index is -0.0903. The highest BCUT2D eigenvalue weighted by atomic mass is 35.5. The summed E-state index contributed by atoms with van der Waals surface area (Å²) in [6.07, 6.45) is 7.97. The molecule has 0 aliphatic rings. The summed E-state index contributed by atoms with van der Waals surface area (Å²) in [6, 6.07) is 1.61. The van der Waals surface area contributed by atoms with Gasteiger partial charge in [-0.05, 0) is 32.4 Å². The number of rotatable bonds is 8. The third-order valence-electron chi connectivity index (χ3n) is 3.56. The largest absolute Gasteiger partial charge is 0.329 e. The lowest BCUT2D eigenvalue weighted by Gasteiger charge is -2.09. The van der Waals surface area contributed by atoms with Gasteiger partial charge in [-0.15, -0.1) is 10.2 Å². The second kappa shape index (κ2) is 10.5. The molecule has 0 aliphatic heterocycles. The minimum Gasteiger partial charge on any atom is -0.329 e. The van der Waals surface area contributed by atoms with E-state index in [1.54, 1.807) is 6.07 Å². The molecule has 0 saturated carbocycles. The minimum absolute atomic E-state index is 0.0903. The Hall–Kier alpha value is -1.83. The van der Waals surface area contributed by atoms with Gasteiger partial charge in [-0.3, -0.25) is 4.79 Å². The number of hydrogen-bond acceptors (Lipinski definition) is 5. The Labute approximate surface area is 173 Å². The lowest BCUT2D eigenvalue weighted by molar-refractivity contribution is -0.117. The van der Waals surface area contributed by atoms with Crippen LogP contribution in [0, 0.1) is 0 Å². The van der Waals surface area contributed by atoms with Crippen molar-refractivity contribution >= 4 is 40.9 Å². The Kier molecular flexibility index (Phi) is 8.34. The Morgan fingerprint density at radius 3 is 2.74 bits per heavy atom. The fourth-order valence-electron chi connectivity index (χ4n) is 2.24. The summed E-state index contributed by atoms with van der Waals surface area (Å²) in [4.78, 5) is 16.5. The third-order valence-corrected chi connectivity index (χ3v) is 5.02. The van der Waals surface area contributed by atoms with E-state index in [1.165, 1.54) is 18.0 Å². The molecule has 2 aromatic rings. The summed E-state index contributed by atoms with van der Waals surface area (Å²) in [5.74, 6) is 0.685. The molecule has 0 aromatic carbocycles. The van der Waals surface area contributed by atoms with Crippen LogP contribution in [-0.4, -0.2) is 31.4 Å². The van der Waals surface area contributed by atoms with E-state index in [2.05, 4.69) is 20.5 Å². The Morgan fingerprint density at radius 2 is 2.11 bits per heavy atom. The molecule has 2 heterocycles.